The predicted molar refractivity (Wildman–Crippen MR) is 106 cm³/mol. The molecule has 7 nitrogen and oxygen atoms in total. The van der Waals surface area contributed by atoms with Gasteiger partial charge in [0.25, 0.3) is 0 Å². The van der Waals surface area contributed by atoms with Crippen LogP contribution in [0.1, 0.15) is 31.7 Å². The lowest BCUT2D eigenvalue weighted by atomic mass is 9.95. The van der Waals surface area contributed by atoms with Crippen LogP contribution in [0.15, 0.2) is 30.5 Å². The van der Waals surface area contributed by atoms with Gasteiger partial charge in [0, 0.05) is 56.9 Å². The van der Waals surface area contributed by atoms with E-state index in [4.69, 9.17) is 9.47 Å². The van der Waals surface area contributed by atoms with Crippen molar-refractivity contribution in [3.8, 4) is 0 Å². The van der Waals surface area contributed by atoms with Crippen molar-refractivity contribution in [2.45, 2.75) is 38.0 Å². The molecular weight excluding hydrogens is 358 g/mol. The van der Waals surface area contributed by atoms with E-state index in [2.05, 4.69) is 22.3 Å². The van der Waals surface area contributed by atoms with Crippen LogP contribution in [-0.4, -0.2) is 50.0 Å². The Balaban J connectivity index is 1.56. The third-order valence-electron chi connectivity index (χ3n) is 6.02. The van der Waals surface area contributed by atoms with Crippen LogP contribution in [0.2, 0.25) is 0 Å². The zero-order chi connectivity index (χ0) is 19.7. The van der Waals surface area contributed by atoms with E-state index in [9.17, 15) is 9.59 Å². The van der Waals surface area contributed by atoms with Gasteiger partial charge in [-0.05, 0) is 37.5 Å². The fraction of sp³-hybridized carbons (Fsp3) is 0.524. The van der Waals surface area contributed by atoms with Crippen molar-refractivity contribution in [2.75, 3.05) is 32.2 Å². The summed E-state index contributed by atoms with van der Waals surface area (Å²) in [6.45, 7) is 1.88. The number of anilines is 1. The quantitative estimate of drug-likeness (QED) is 0.632. The van der Waals surface area contributed by atoms with E-state index >= 15 is 0 Å². The molecule has 2 saturated heterocycles. The van der Waals surface area contributed by atoms with Crippen LogP contribution in [0.3, 0.4) is 0 Å². The first kappa shape index (κ1) is 19.0. The van der Waals surface area contributed by atoms with Gasteiger partial charge in [-0.25, -0.2) is 0 Å². The third kappa shape index (κ3) is 3.40. The molecule has 2 aliphatic rings. The number of fused-ring (bicyclic) bond motifs is 1. The average molecular weight is 385 g/mol. The van der Waals surface area contributed by atoms with Gasteiger partial charge in [0.2, 0.25) is 11.8 Å². The minimum atomic E-state index is -0.333. The lowest BCUT2D eigenvalue weighted by molar-refractivity contribution is -0.141. The van der Waals surface area contributed by atoms with E-state index in [1.165, 1.54) is 5.69 Å². The van der Waals surface area contributed by atoms with Crippen LogP contribution in [0.25, 0.3) is 10.9 Å². The minimum absolute atomic E-state index is 0.147. The summed E-state index contributed by atoms with van der Waals surface area (Å²) in [5.74, 6) is -0.00430. The average Bonchev–Trinajstić information content (AvgIpc) is 3.13. The highest BCUT2D eigenvalue weighted by atomic mass is 16.7. The van der Waals surface area contributed by atoms with Crippen LogP contribution in [0.4, 0.5) is 5.69 Å². The number of benzene rings is 1. The van der Waals surface area contributed by atoms with Gasteiger partial charge >= 0.3 is 0 Å². The van der Waals surface area contributed by atoms with Crippen molar-refractivity contribution < 1.29 is 19.1 Å². The van der Waals surface area contributed by atoms with Crippen LogP contribution in [0, 0.1) is 5.92 Å². The summed E-state index contributed by atoms with van der Waals surface area (Å²) in [6, 6.07) is 7.97. The van der Waals surface area contributed by atoms with E-state index in [0.29, 0.717) is 18.8 Å². The second-order valence-electron chi connectivity index (χ2n) is 7.56. The van der Waals surface area contributed by atoms with Crippen molar-refractivity contribution in [3.63, 3.8) is 0 Å². The van der Waals surface area contributed by atoms with E-state index in [1.54, 1.807) is 14.2 Å². The molecule has 0 saturated carbocycles. The maximum absolute atomic E-state index is 12.3. The van der Waals surface area contributed by atoms with E-state index in [1.807, 2.05) is 22.9 Å². The number of piperidine rings is 2. The van der Waals surface area contributed by atoms with E-state index in [0.717, 1.165) is 36.8 Å². The number of carbonyl (C=O) groups excluding carboxylic acids is 2. The Morgan fingerprint density at radius 3 is 2.50 bits per heavy atom. The molecule has 1 unspecified atom stereocenters. The lowest BCUT2D eigenvalue weighted by Gasteiger charge is -2.36. The molecule has 3 heterocycles. The molecule has 2 aliphatic heterocycles. The molecule has 1 atom stereocenters. The summed E-state index contributed by atoms with van der Waals surface area (Å²) in [5, 5.41) is 3.59. The molecule has 1 N–H and O–H groups in total. The number of hydrogen-bond acceptors (Lipinski definition) is 5. The molecule has 1 aromatic carbocycles. The molecule has 4 rings (SSSR count). The Morgan fingerprint density at radius 2 is 1.82 bits per heavy atom. The van der Waals surface area contributed by atoms with Crippen LogP contribution in [-0.2, 0) is 19.1 Å². The Hall–Kier alpha value is -2.38. The summed E-state index contributed by atoms with van der Waals surface area (Å²) >= 11 is 0. The van der Waals surface area contributed by atoms with Crippen LogP contribution < -0.4 is 10.2 Å². The smallest absolute Gasteiger partial charge is 0.249 e. The number of imide groups is 1. The molecule has 2 aromatic rings. The molecule has 2 amide bonds. The van der Waals surface area contributed by atoms with Crippen molar-refractivity contribution >= 4 is 28.4 Å². The highest BCUT2D eigenvalue weighted by Crippen LogP contribution is 2.34. The summed E-state index contributed by atoms with van der Waals surface area (Å²) in [6.07, 6.45) is 4.76. The largest absolute Gasteiger partial charge is 0.371 e. The van der Waals surface area contributed by atoms with Gasteiger partial charge in [-0.15, -0.1) is 0 Å². The standard InChI is InChI=1S/C21H27N3O4/c1-27-21(28-2)14-8-11-23(12-9-14)16-4-3-5-17-15(16)10-13-24(17)18-6-7-19(25)22-20(18)26/h3-5,10,13-14,18,21H,6-9,11-12H2,1-2H3,(H,22,25,26). The fourth-order valence-electron chi connectivity index (χ4n) is 4.56. The second-order valence-corrected chi connectivity index (χ2v) is 7.56. The van der Waals surface area contributed by atoms with Gasteiger partial charge in [-0.2, -0.15) is 0 Å². The van der Waals surface area contributed by atoms with Crippen molar-refractivity contribution in [1.82, 2.24) is 9.88 Å². The molecule has 2 fully saturated rings. The van der Waals surface area contributed by atoms with Crippen molar-refractivity contribution in [2.24, 2.45) is 5.92 Å². The van der Waals surface area contributed by atoms with E-state index < -0.39 is 0 Å². The van der Waals surface area contributed by atoms with Crippen molar-refractivity contribution in [3.05, 3.63) is 30.5 Å². The number of nitrogens with zero attached hydrogens (tertiary/aromatic N) is 2. The number of nitrogens with one attached hydrogen (secondary N) is 1. The summed E-state index contributed by atoms with van der Waals surface area (Å²) in [4.78, 5) is 26.2. The minimum Gasteiger partial charge on any atom is -0.371 e. The fourth-order valence-corrected chi connectivity index (χ4v) is 4.56. The number of hydrogen-bond donors (Lipinski definition) is 1. The number of carbonyl (C=O) groups is 2. The molecular formula is C21H27N3O4. The first-order valence-electron chi connectivity index (χ1n) is 9.86. The lowest BCUT2D eigenvalue weighted by Crippen LogP contribution is -2.41. The van der Waals surface area contributed by atoms with Gasteiger partial charge in [0.15, 0.2) is 6.29 Å². The first-order valence-corrected chi connectivity index (χ1v) is 9.86. The van der Waals surface area contributed by atoms with Gasteiger partial charge in [-0.3, -0.25) is 14.9 Å². The Kier molecular flexibility index (Phi) is 5.37. The Bertz CT molecular complexity index is 866. The normalized spacial score (nSPS) is 21.5. The topological polar surface area (TPSA) is 72.8 Å². The number of ether oxygens (including phenoxy) is 2. The first-order chi connectivity index (χ1) is 13.6. The van der Waals surface area contributed by atoms with E-state index in [-0.39, 0.29) is 24.1 Å². The molecule has 0 bridgehead atoms. The highest BCUT2D eigenvalue weighted by molar-refractivity contribution is 6.01. The molecule has 0 spiro atoms. The SMILES string of the molecule is COC(OC)C1CCN(c2cccc3c2ccn3C2CCC(=O)NC2=O)CC1. The summed E-state index contributed by atoms with van der Waals surface area (Å²) in [7, 11) is 3.39. The van der Waals surface area contributed by atoms with Gasteiger partial charge in [-0.1, -0.05) is 6.07 Å². The van der Waals surface area contributed by atoms with Crippen LogP contribution in [0.5, 0.6) is 0 Å². The van der Waals surface area contributed by atoms with Gasteiger partial charge in [0.05, 0.1) is 5.52 Å². The molecule has 7 heteroatoms. The highest BCUT2D eigenvalue weighted by Gasteiger charge is 2.30. The molecule has 28 heavy (non-hydrogen) atoms. The van der Waals surface area contributed by atoms with Gasteiger partial charge in [0.1, 0.15) is 6.04 Å². The number of methoxy groups -OCH3 is 2. The maximum Gasteiger partial charge on any atom is 0.249 e. The predicted octanol–water partition coefficient (Wildman–Crippen LogP) is 2.45. The van der Waals surface area contributed by atoms with Gasteiger partial charge < -0.3 is 18.9 Å². The zero-order valence-corrected chi connectivity index (χ0v) is 16.4. The molecule has 0 radical (unpaired) electrons. The number of amides is 2. The monoisotopic (exact) mass is 385 g/mol. The maximum atomic E-state index is 12.3. The Morgan fingerprint density at radius 1 is 1.07 bits per heavy atom. The second kappa shape index (κ2) is 7.93. The third-order valence-corrected chi connectivity index (χ3v) is 6.02. The number of rotatable bonds is 5. The summed E-state index contributed by atoms with van der Waals surface area (Å²) < 4.78 is 12.9. The molecule has 150 valence electrons. The molecule has 0 aliphatic carbocycles. The van der Waals surface area contributed by atoms with Crippen molar-refractivity contribution in [1.29, 1.82) is 0 Å². The Labute approximate surface area is 164 Å². The summed E-state index contributed by atoms with van der Waals surface area (Å²) in [5.41, 5.74) is 2.22. The zero-order valence-electron chi connectivity index (χ0n) is 16.4. The number of aromatic nitrogens is 1. The van der Waals surface area contributed by atoms with Crippen LogP contribution >= 0.6 is 0 Å². The molecule has 1 aromatic heterocycles.